The predicted octanol–water partition coefficient (Wildman–Crippen LogP) is 5.33. The van der Waals surface area contributed by atoms with Crippen molar-refractivity contribution in [2.24, 2.45) is 0 Å². The van der Waals surface area contributed by atoms with Gasteiger partial charge < -0.3 is 14.6 Å². The molecule has 8 nitrogen and oxygen atoms in total. The molecule has 2 aromatic carbocycles. The van der Waals surface area contributed by atoms with Crippen LogP contribution >= 0.6 is 11.6 Å². The number of hydrogen-bond acceptors (Lipinski definition) is 7. The molecule has 2 heterocycles. The first kappa shape index (κ1) is 25.9. The third-order valence-electron chi connectivity index (χ3n) is 5.77. The number of aliphatic hydroxyl groups excluding tert-OH is 1. The first-order valence-corrected chi connectivity index (χ1v) is 12.2. The van der Waals surface area contributed by atoms with E-state index < -0.39 is 23.7 Å². The summed E-state index contributed by atoms with van der Waals surface area (Å²) in [6.45, 7) is 4.34. The van der Waals surface area contributed by atoms with Gasteiger partial charge in [0.05, 0.1) is 35.4 Å². The number of esters is 1. The number of ketones is 1. The van der Waals surface area contributed by atoms with Gasteiger partial charge in [-0.15, -0.1) is 0 Å². The molecule has 1 aromatic heterocycles. The van der Waals surface area contributed by atoms with Crippen LogP contribution in [0.2, 0.25) is 5.02 Å². The molecule has 0 spiro atoms. The largest absolute Gasteiger partial charge is 0.507 e. The van der Waals surface area contributed by atoms with Crippen molar-refractivity contribution in [2.75, 3.05) is 18.1 Å². The van der Waals surface area contributed by atoms with E-state index >= 15 is 0 Å². The minimum absolute atomic E-state index is 0.103. The molecule has 3 aromatic rings. The summed E-state index contributed by atoms with van der Waals surface area (Å²) < 4.78 is 10.7. The summed E-state index contributed by atoms with van der Waals surface area (Å²) in [6, 6.07) is 13.2. The molecule has 37 heavy (non-hydrogen) atoms. The molecule has 0 radical (unpaired) electrons. The van der Waals surface area contributed by atoms with Crippen LogP contribution in [0.15, 0.2) is 72.6 Å². The van der Waals surface area contributed by atoms with Gasteiger partial charge in [-0.25, -0.2) is 4.79 Å². The van der Waals surface area contributed by atoms with Gasteiger partial charge in [-0.2, -0.15) is 0 Å². The van der Waals surface area contributed by atoms with Gasteiger partial charge in [0.15, 0.2) is 0 Å². The van der Waals surface area contributed by atoms with Crippen LogP contribution in [-0.2, 0) is 14.3 Å². The molecule has 1 fully saturated rings. The van der Waals surface area contributed by atoms with Crippen LogP contribution in [-0.4, -0.2) is 41.0 Å². The van der Waals surface area contributed by atoms with Gasteiger partial charge in [-0.3, -0.25) is 19.5 Å². The number of Topliss-reactive ketones (excluding diaryl/α,β-unsaturated/α-hetero) is 1. The lowest BCUT2D eigenvalue weighted by Gasteiger charge is -2.25. The molecular weight excluding hydrogens is 496 g/mol. The summed E-state index contributed by atoms with van der Waals surface area (Å²) in [5.41, 5.74) is 1.38. The zero-order chi connectivity index (χ0) is 26.5. The van der Waals surface area contributed by atoms with E-state index in [2.05, 4.69) is 4.98 Å². The number of pyridine rings is 1. The zero-order valence-electron chi connectivity index (χ0n) is 20.3. The number of aromatic nitrogens is 1. The fourth-order valence-corrected chi connectivity index (χ4v) is 4.23. The number of nitrogens with zero attached hydrogens (tertiary/aromatic N) is 2. The molecule has 1 saturated heterocycles. The van der Waals surface area contributed by atoms with Crippen molar-refractivity contribution < 1.29 is 29.0 Å². The summed E-state index contributed by atoms with van der Waals surface area (Å²) in [5.74, 6) is -2.19. The molecule has 0 saturated carbocycles. The number of anilines is 1. The first-order chi connectivity index (χ1) is 17.9. The Morgan fingerprint density at radius 3 is 2.46 bits per heavy atom. The zero-order valence-corrected chi connectivity index (χ0v) is 21.1. The highest BCUT2D eigenvalue weighted by Gasteiger charge is 2.47. The van der Waals surface area contributed by atoms with Crippen LogP contribution in [0.3, 0.4) is 0 Å². The quantitative estimate of drug-likeness (QED) is 0.185. The number of ether oxygens (including phenoxy) is 2. The molecule has 1 aliphatic heterocycles. The fraction of sp³-hybridized carbons (Fsp3) is 0.214. The van der Waals surface area contributed by atoms with E-state index in [4.69, 9.17) is 21.1 Å². The third-order valence-corrected chi connectivity index (χ3v) is 6.08. The van der Waals surface area contributed by atoms with Gasteiger partial charge in [0.1, 0.15) is 11.5 Å². The van der Waals surface area contributed by atoms with Crippen LogP contribution in [0.1, 0.15) is 47.8 Å². The molecule has 1 atom stereocenters. The fourth-order valence-electron chi connectivity index (χ4n) is 4.06. The van der Waals surface area contributed by atoms with E-state index in [1.54, 1.807) is 49.5 Å². The second kappa shape index (κ2) is 11.3. The summed E-state index contributed by atoms with van der Waals surface area (Å²) in [5, 5.41) is 11.6. The van der Waals surface area contributed by atoms with Crippen molar-refractivity contribution >= 4 is 40.7 Å². The lowest BCUT2D eigenvalue weighted by Crippen LogP contribution is -2.29. The number of carbonyl (C=O) groups excluding carboxylic acids is 3. The topological polar surface area (TPSA) is 106 Å². The molecule has 9 heteroatoms. The maximum Gasteiger partial charge on any atom is 0.338 e. The Bertz CT molecular complexity index is 1350. The van der Waals surface area contributed by atoms with E-state index in [-0.39, 0.29) is 16.9 Å². The first-order valence-electron chi connectivity index (χ1n) is 11.8. The second-order valence-electron chi connectivity index (χ2n) is 8.22. The molecule has 1 aliphatic rings. The predicted molar refractivity (Wildman–Crippen MR) is 139 cm³/mol. The van der Waals surface area contributed by atoms with Gasteiger partial charge >= 0.3 is 5.97 Å². The minimum Gasteiger partial charge on any atom is -0.507 e. The van der Waals surface area contributed by atoms with Gasteiger partial charge in [0.25, 0.3) is 11.7 Å². The Morgan fingerprint density at radius 1 is 1.08 bits per heavy atom. The maximum absolute atomic E-state index is 13.3. The molecule has 4 rings (SSSR count). The van der Waals surface area contributed by atoms with Crippen LogP contribution < -0.4 is 9.64 Å². The second-order valence-corrected chi connectivity index (χ2v) is 8.62. The average molecular weight is 521 g/mol. The van der Waals surface area contributed by atoms with Crippen LogP contribution in [0.5, 0.6) is 5.75 Å². The molecular formula is C28H25ClN2O6. The third kappa shape index (κ3) is 5.20. The molecule has 1 amide bonds. The Labute approximate surface area is 219 Å². The molecule has 1 N–H and O–H groups in total. The van der Waals surface area contributed by atoms with Crippen LogP contribution in [0.25, 0.3) is 5.76 Å². The number of carbonyl (C=O) groups is 3. The number of hydrogen-bond donors (Lipinski definition) is 1. The van der Waals surface area contributed by atoms with Crippen molar-refractivity contribution in [3.05, 3.63) is 94.3 Å². The Kier molecular flexibility index (Phi) is 7.89. The van der Waals surface area contributed by atoms with Crippen molar-refractivity contribution in [1.29, 1.82) is 0 Å². The highest BCUT2D eigenvalue weighted by Crippen LogP contribution is 2.42. The van der Waals surface area contributed by atoms with Crippen LogP contribution in [0, 0.1) is 0 Å². The van der Waals surface area contributed by atoms with Crippen molar-refractivity contribution in [3.8, 4) is 5.75 Å². The minimum atomic E-state index is -0.960. The number of halogens is 1. The van der Waals surface area contributed by atoms with Crippen molar-refractivity contribution in [1.82, 2.24) is 4.98 Å². The maximum atomic E-state index is 13.3. The summed E-state index contributed by atoms with van der Waals surface area (Å²) in [7, 11) is 0. The van der Waals surface area contributed by atoms with Gasteiger partial charge in [-0.1, -0.05) is 24.6 Å². The number of amides is 1. The van der Waals surface area contributed by atoms with Crippen LogP contribution in [0.4, 0.5) is 5.69 Å². The van der Waals surface area contributed by atoms with Crippen molar-refractivity contribution in [3.63, 3.8) is 0 Å². The molecule has 190 valence electrons. The Hall–Kier alpha value is -4.17. The highest BCUT2D eigenvalue weighted by atomic mass is 35.5. The summed E-state index contributed by atoms with van der Waals surface area (Å²) in [6.07, 6.45) is 3.79. The molecule has 0 aliphatic carbocycles. The SMILES string of the molecule is CCCOC(=O)c1ccc(N2C(=O)C(=O)/C(=C(\O)c3ccc(Cl)c(OCC)c3)C2c2cccnc2)cc1. The monoisotopic (exact) mass is 520 g/mol. The standard InChI is InChI=1S/C28H25ClN2O6/c1-3-14-37-28(35)17-7-10-20(11-8-17)31-24(19-6-5-13-30-16-19)23(26(33)27(31)34)25(32)18-9-12-21(29)22(15-18)36-4-2/h5-13,15-16,24,32H,3-4,14H2,1-2H3/b25-23-. The van der Waals surface area contributed by atoms with Gasteiger partial charge in [0, 0.05) is 23.6 Å². The van der Waals surface area contributed by atoms with E-state index in [0.717, 1.165) is 0 Å². The lowest BCUT2D eigenvalue weighted by molar-refractivity contribution is -0.132. The van der Waals surface area contributed by atoms with E-state index in [1.165, 1.54) is 29.3 Å². The normalized spacial score (nSPS) is 16.6. The highest BCUT2D eigenvalue weighted by molar-refractivity contribution is 6.51. The van der Waals surface area contributed by atoms with Gasteiger partial charge in [0.2, 0.25) is 0 Å². The Morgan fingerprint density at radius 2 is 1.81 bits per heavy atom. The number of benzene rings is 2. The summed E-state index contributed by atoms with van der Waals surface area (Å²) >= 11 is 6.19. The molecule has 1 unspecified atom stereocenters. The Balaban J connectivity index is 1.81. The van der Waals surface area contributed by atoms with E-state index in [0.29, 0.717) is 47.2 Å². The number of rotatable bonds is 8. The number of aliphatic hydroxyl groups is 1. The van der Waals surface area contributed by atoms with Gasteiger partial charge in [-0.05, 0) is 67.4 Å². The van der Waals surface area contributed by atoms with E-state index in [9.17, 15) is 19.5 Å². The average Bonchev–Trinajstić information content (AvgIpc) is 3.19. The molecule has 0 bridgehead atoms. The van der Waals surface area contributed by atoms with Crippen molar-refractivity contribution in [2.45, 2.75) is 26.3 Å². The van der Waals surface area contributed by atoms with E-state index in [1.807, 2.05) is 6.92 Å². The summed E-state index contributed by atoms with van der Waals surface area (Å²) in [4.78, 5) is 44.2. The lowest BCUT2D eigenvalue weighted by atomic mass is 9.96. The smallest absolute Gasteiger partial charge is 0.338 e.